The van der Waals surface area contributed by atoms with E-state index in [1.165, 1.54) is 6.08 Å². The molecular formula is C13H20N4O6. The number of amides is 4. The number of aliphatic carboxylic acids is 1. The number of allylic oxidation sites excluding steroid dienone is 1. The van der Waals surface area contributed by atoms with Gasteiger partial charge in [0.1, 0.15) is 0 Å². The molecule has 4 amide bonds. The fraction of sp³-hybridized carbons (Fsp3) is 0.462. The van der Waals surface area contributed by atoms with E-state index in [1.54, 1.807) is 13.0 Å². The van der Waals surface area contributed by atoms with Gasteiger partial charge >= 0.3 is 5.97 Å². The summed E-state index contributed by atoms with van der Waals surface area (Å²) >= 11 is 0. The molecule has 10 heteroatoms. The van der Waals surface area contributed by atoms with Crippen molar-refractivity contribution in [2.75, 3.05) is 19.6 Å². The lowest BCUT2D eigenvalue weighted by molar-refractivity contribution is -0.137. The maximum atomic E-state index is 11.6. The van der Waals surface area contributed by atoms with Gasteiger partial charge in [0.05, 0.1) is 32.1 Å². The number of carboxylic acid groups (broad SMARTS) is 1. The molecule has 0 aromatic rings. The zero-order chi connectivity index (χ0) is 17.7. The summed E-state index contributed by atoms with van der Waals surface area (Å²) in [5, 5.41) is 17.8. The number of carboxylic acids is 1. The largest absolute Gasteiger partial charge is 0.481 e. The van der Waals surface area contributed by atoms with Crippen molar-refractivity contribution in [1.82, 2.24) is 21.3 Å². The van der Waals surface area contributed by atoms with Gasteiger partial charge in [-0.1, -0.05) is 12.2 Å². The van der Waals surface area contributed by atoms with Crippen LogP contribution in [0.15, 0.2) is 12.2 Å². The predicted molar refractivity (Wildman–Crippen MR) is 79.1 cm³/mol. The van der Waals surface area contributed by atoms with Crippen molar-refractivity contribution < 1.29 is 29.1 Å². The molecule has 0 heterocycles. The molecule has 0 fully saturated rings. The van der Waals surface area contributed by atoms with Gasteiger partial charge in [-0.05, 0) is 6.92 Å². The molecule has 0 radical (unpaired) electrons. The topological polar surface area (TPSA) is 154 Å². The molecule has 0 bridgehead atoms. The first-order chi connectivity index (χ1) is 10.9. The van der Waals surface area contributed by atoms with Gasteiger partial charge in [-0.25, -0.2) is 0 Å². The highest BCUT2D eigenvalue weighted by molar-refractivity contribution is 5.89. The van der Waals surface area contributed by atoms with Gasteiger partial charge in [-0.15, -0.1) is 0 Å². The second kappa shape index (κ2) is 11.7. The minimum absolute atomic E-state index is 0.252. The van der Waals surface area contributed by atoms with Gasteiger partial charge in [0, 0.05) is 0 Å². The molecule has 0 aromatic carbocycles. The van der Waals surface area contributed by atoms with Gasteiger partial charge in [0.15, 0.2) is 0 Å². The molecule has 10 nitrogen and oxygen atoms in total. The summed E-state index contributed by atoms with van der Waals surface area (Å²) in [4.78, 5) is 54.7. The SMILES string of the molecule is C/C=C/C(CC(=O)O)NC(=O)CNC(=O)CNC(=O)CNC=O. The highest BCUT2D eigenvalue weighted by Crippen LogP contribution is 1.94. The van der Waals surface area contributed by atoms with Crippen LogP contribution in [0.5, 0.6) is 0 Å². The molecule has 0 spiro atoms. The first-order valence-electron chi connectivity index (χ1n) is 6.73. The van der Waals surface area contributed by atoms with Crippen LogP contribution in [0.3, 0.4) is 0 Å². The summed E-state index contributed by atoms with van der Waals surface area (Å²) in [5.74, 6) is -2.77. The number of hydrogen-bond donors (Lipinski definition) is 5. The molecule has 0 aliphatic carbocycles. The number of rotatable bonds is 11. The third kappa shape index (κ3) is 11.4. The van der Waals surface area contributed by atoms with Crippen LogP contribution in [0.25, 0.3) is 0 Å². The quantitative estimate of drug-likeness (QED) is 0.209. The van der Waals surface area contributed by atoms with Gasteiger partial charge in [0.2, 0.25) is 24.1 Å². The van der Waals surface area contributed by atoms with Crippen LogP contribution in [-0.2, 0) is 24.0 Å². The smallest absolute Gasteiger partial charge is 0.305 e. The summed E-state index contributed by atoms with van der Waals surface area (Å²) in [6, 6.07) is -0.670. The third-order valence-electron chi connectivity index (χ3n) is 2.40. The number of carbonyl (C=O) groups is 5. The fourth-order valence-corrected chi connectivity index (χ4v) is 1.46. The molecule has 0 rings (SSSR count). The highest BCUT2D eigenvalue weighted by atomic mass is 16.4. The van der Waals surface area contributed by atoms with E-state index in [0.717, 1.165) is 0 Å². The van der Waals surface area contributed by atoms with Crippen molar-refractivity contribution in [2.24, 2.45) is 0 Å². The summed E-state index contributed by atoms with van der Waals surface area (Å²) in [5.41, 5.74) is 0. The van der Waals surface area contributed by atoms with Crippen molar-refractivity contribution in [2.45, 2.75) is 19.4 Å². The fourth-order valence-electron chi connectivity index (χ4n) is 1.46. The third-order valence-corrected chi connectivity index (χ3v) is 2.40. The van der Waals surface area contributed by atoms with E-state index < -0.39 is 29.7 Å². The van der Waals surface area contributed by atoms with Crippen molar-refractivity contribution in [1.29, 1.82) is 0 Å². The van der Waals surface area contributed by atoms with E-state index >= 15 is 0 Å². The summed E-state index contributed by atoms with van der Waals surface area (Å²) in [7, 11) is 0. The lowest BCUT2D eigenvalue weighted by atomic mass is 10.2. The number of hydrogen-bond acceptors (Lipinski definition) is 5. The van der Waals surface area contributed by atoms with Crippen molar-refractivity contribution in [3.05, 3.63) is 12.2 Å². The molecule has 128 valence electrons. The number of carbonyl (C=O) groups excluding carboxylic acids is 4. The Labute approximate surface area is 132 Å². The van der Waals surface area contributed by atoms with E-state index in [4.69, 9.17) is 5.11 Å². The monoisotopic (exact) mass is 328 g/mol. The Hall–Kier alpha value is -2.91. The molecule has 23 heavy (non-hydrogen) atoms. The average molecular weight is 328 g/mol. The second-order valence-electron chi connectivity index (χ2n) is 4.35. The van der Waals surface area contributed by atoms with E-state index in [9.17, 15) is 24.0 Å². The number of nitrogens with one attached hydrogen (secondary N) is 4. The Balaban J connectivity index is 4.06. The minimum atomic E-state index is -1.07. The predicted octanol–water partition coefficient (Wildman–Crippen LogP) is -2.50. The molecule has 5 N–H and O–H groups in total. The lowest BCUT2D eigenvalue weighted by Crippen LogP contribution is -2.45. The van der Waals surface area contributed by atoms with Crippen LogP contribution in [0.1, 0.15) is 13.3 Å². The zero-order valence-electron chi connectivity index (χ0n) is 12.6. The molecule has 1 atom stereocenters. The van der Waals surface area contributed by atoms with Crippen molar-refractivity contribution in [3.8, 4) is 0 Å². The maximum absolute atomic E-state index is 11.6. The maximum Gasteiger partial charge on any atom is 0.305 e. The van der Waals surface area contributed by atoms with Crippen LogP contribution in [0, 0.1) is 0 Å². The Kier molecular flexibility index (Phi) is 10.2. The van der Waals surface area contributed by atoms with Gasteiger partial charge in [-0.2, -0.15) is 0 Å². The Morgan fingerprint density at radius 1 is 1.00 bits per heavy atom. The van der Waals surface area contributed by atoms with Gasteiger partial charge in [0.25, 0.3) is 0 Å². The molecule has 1 unspecified atom stereocenters. The first kappa shape index (κ1) is 20.1. The van der Waals surface area contributed by atoms with Crippen molar-refractivity contribution in [3.63, 3.8) is 0 Å². The van der Waals surface area contributed by atoms with Crippen LogP contribution in [0.2, 0.25) is 0 Å². The molecule has 0 saturated carbocycles. The van der Waals surface area contributed by atoms with Crippen LogP contribution >= 0.6 is 0 Å². The van der Waals surface area contributed by atoms with Crippen LogP contribution in [-0.4, -0.2) is 60.9 Å². The normalized spacial score (nSPS) is 11.3. The second-order valence-corrected chi connectivity index (χ2v) is 4.35. The Bertz CT molecular complexity index is 477. The molecule has 0 aromatic heterocycles. The Morgan fingerprint density at radius 2 is 1.57 bits per heavy atom. The zero-order valence-corrected chi connectivity index (χ0v) is 12.6. The Morgan fingerprint density at radius 3 is 2.09 bits per heavy atom. The van der Waals surface area contributed by atoms with Crippen LogP contribution in [0.4, 0.5) is 0 Å². The molecule has 0 aliphatic heterocycles. The summed E-state index contributed by atoms with van der Waals surface area (Å²) in [6.07, 6.45) is 3.20. The van der Waals surface area contributed by atoms with E-state index in [1.807, 2.05) is 0 Å². The summed E-state index contributed by atoms with van der Waals surface area (Å²) in [6.45, 7) is 0.734. The van der Waals surface area contributed by atoms with E-state index in [-0.39, 0.29) is 26.1 Å². The molecule has 0 saturated heterocycles. The average Bonchev–Trinajstić information content (AvgIpc) is 2.48. The summed E-state index contributed by atoms with van der Waals surface area (Å²) < 4.78 is 0. The van der Waals surface area contributed by atoms with E-state index in [0.29, 0.717) is 6.41 Å². The van der Waals surface area contributed by atoms with Gasteiger partial charge in [-0.3, -0.25) is 24.0 Å². The van der Waals surface area contributed by atoms with Crippen LogP contribution < -0.4 is 21.3 Å². The molecular weight excluding hydrogens is 308 g/mol. The van der Waals surface area contributed by atoms with Gasteiger partial charge < -0.3 is 26.4 Å². The first-order valence-corrected chi connectivity index (χ1v) is 6.73. The minimum Gasteiger partial charge on any atom is -0.481 e. The lowest BCUT2D eigenvalue weighted by Gasteiger charge is -2.13. The molecule has 0 aliphatic rings. The van der Waals surface area contributed by atoms with Crippen molar-refractivity contribution >= 4 is 30.1 Å². The van der Waals surface area contributed by atoms with E-state index in [2.05, 4.69) is 21.3 Å². The standard InChI is InChI=1S/C13H20N4O6/c1-2-3-9(4-13(22)23)17-12(21)7-16-11(20)6-15-10(19)5-14-8-18/h2-3,8-9H,4-7H2,1H3,(H,14,18)(H,15,19)(H,16,20)(H,17,21)(H,22,23)/b3-2+. The highest BCUT2D eigenvalue weighted by Gasteiger charge is 2.13.